The van der Waals surface area contributed by atoms with Crippen LogP contribution in [0.25, 0.3) is 0 Å². The standard InChI is InChI=1S/C15H23N3/c16-9-14(18-2-1-17-10-18)15-6-11-3-12(7-15)5-13(4-11)8-15/h1-2,10-14H,3-9,16H2. The Morgan fingerprint density at radius 2 is 1.78 bits per heavy atom. The Kier molecular flexibility index (Phi) is 2.35. The number of nitrogens with two attached hydrogens (primary N) is 1. The number of rotatable bonds is 3. The fraction of sp³-hybridized carbons (Fsp3) is 0.800. The van der Waals surface area contributed by atoms with Crippen molar-refractivity contribution in [3.8, 4) is 0 Å². The van der Waals surface area contributed by atoms with Crippen molar-refractivity contribution >= 4 is 0 Å². The molecule has 0 amide bonds. The third kappa shape index (κ3) is 1.49. The van der Waals surface area contributed by atoms with Crippen molar-refractivity contribution in [2.45, 2.75) is 44.6 Å². The fourth-order valence-corrected chi connectivity index (χ4v) is 5.73. The van der Waals surface area contributed by atoms with E-state index >= 15 is 0 Å². The van der Waals surface area contributed by atoms with Gasteiger partial charge in [-0.05, 0) is 61.7 Å². The molecular formula is C15H23N3. The molecule has 1 atom stereocenters. The Morgan fingerprint density at radius 1 is 1.17 bits per heavy atom. The highest BCUT2D eigenvalue weighted by Crippen LogP contribution is 2.63. The molecule has 18 heavy (non-hydrogen) atoms. The molecule has 0 radical (unpaired) electrons. The Balaban J connectivity index is 1.70. The normalized spacial score (nSPS) is 43.3. The summed E-state index contributed by atoms with van der Waals surface area (Å²) in [6.45, 7) is 0.766. The highest BCUT2D eigenvalue weighted by atomic mass is 15.1. The van der Waals surface area contributed by atoms with Crippen LogP contribution in [0.15, 0.2) is 18.7 Å². The minimum absolute atomic E-state index is 0.480. The summed E-state index contributed by atoms with van der Waals surface area (Å²) in [5, 5.41) is 0. The van der Waals surface area contributed by atoms with E-state index < -0.39 is 0 Å². The zero-order valence-corrected chi connectivity index (χ0v) is 11.0. The van der Waals surface area contributed by atoms with Gasteiger partial charge in [0.05, 0.1) is 12.4 Å². The predicted octanol–water partition coefficient (Wildman–Crippen LogP) is 2.60. The molecule has 2 N–H and O–H groups in total. The van der Waals surface area contributed by atoms with Crippen LogP contribution < -0.4 is 5.73 Å². The van der Waals surface area contributed by atoms with Gasteiger partial charge in [0, 0.05) is 18.9 Å². The predicted molar refractivity (Wildman–Crippen MR) is 70.9 cm³/mol. The molecular weight excluding hydrogens is 222 g/mol. The van der Waals surface area contributed by atoms with Gasteiger partial charge < -0.3 is 10.3 Å². The van der Waals surface area contributed by atoms with E-state index in [0.717, 1.165) is 24.3 Å². The molecule has 4 fully saturated rings. The summed E-state index contributed by atoms with van der Waals surface area (Å²) < 4.78 is 2.28. The maximum atomic E-state index is 6.14. The Hall–Kier alpha value is -0.830. The van der Waals surface area contributed by atoms with Crippen LogP contribution >= 0.6 is 0 Å². The maximum Gasteiger partial charge on any atom is 0.0949 e. The number of hydrogen-bond donors (Lipinski definition) is 1. The summed E-state index contributed by atoms with van der Waals surface area (Å²) in [6, 6.07) is 0.480. The van der Waals surface area contributed by atoms with Crippen molar-refractivity contribution in [3.05, 3.63) is 18.7 Å². The summed E-state index contributed by atoms with van der Waals surface area (Å²) in [7, 11) is 0. The van der Waals surface area contributed by atoms with Gasteiger partial charge in [-0.3, -0.25) is 0 Å². The lowest BCUT2D eigenvalue weighted by atomic mass is 9.47. The van der Waals surface area contributed by atoms with Crippen LogP contribution in [0.2, 0.25) is 0 Å². The molecule has 0 saturated heterocycles. The summed E-state index contributed by atoms with van der Waals surface area (Å²) in [4.78, 5) is 4.23. The summed E-state index contributed by atoms with van der Waals surface area (Å²) in [6.07, 6.45) is 14.7. The third-order valence-corrected chi connectivity index (χ3v) is 5.90. The molecule has 0 aliphatic heterocycles. The molecule has 98 valence electrons. The van der Waals surface area contributed by atoms with Crippen molar-refractivity contribution in [1.82, 2.24) is 9.55 Å². The van der Waals surface area contributed by atoms with Gasteiger partial charge in [0.1, 0.15) is 0 Å². The third-order valence-electron chi connectivity index (χ3n) is 5.90. The fourth-order valence-electron chi connectivity index (χ4n) is 5.73. The van der Waals surface area contributed by atoms with E-state index in [1.165, 1.54) is 38.5 Å². The van der Waals surface area contributed by atoms with E-state index in [1.807, 2.05) is 12.5 Å². The molecule has 3 nitrogen and oxygen atoms in total. The van der Waals surface area contributed by atoms with Gasteiger partial charge in [0.2, 0.25) is 0 Å². The quantitative estimate of drug-likeness (QED) is 0.889. The van der Waals surface area contributed by atoms with Gasteiger partial charge in [-0.25, -0.2) is 4.98 Å². The molecule has 3 heteroatoms. The highest BCUT2D eigenvalue weighted by Gasteiger charge is 2.54. The lowest BCUT2D eigenvalue weighted by Crippen LogP contribution is -2.51. The minimum Gasteiger partial charge on any atom is -0.333 e. The molecule has 4 saturated carbocycles. The molecule has 4 aliphatic rings. The van der Waals surface area contributed by atoms with Crippen molar-refractivity contribution in [1.29, 1.82) is 0 Å². The van der Waals surface area contributed by atoms with Crippen LogP contribution in [0.1, 0.15) is 44.6 Å². The number of hydrogen-bond acceptors (Lipinski definition) is 2. The zero-order chi connectivity index (χ0) is 12.2. The second-order valence-electron chi connectivity index (χ2n) is 7.04. The van der Waals surface area contributed by atoms with E-state index in [4.69, 9.17) is 5.73 Å². The molecule has 5 rings (SSSR count). The summed E-state index contributed by atoms with van der Waals surface area (Å²) in [5.74, 6) is 2.98. The molecule has 1 heterocycles. The van der Waals surface area contributed by atoms with E-state index in [9.17, 15) is 0 Å². The topological polar surface area (TPSA) is 43.8 Å². The first-order chi connectivity index (χ1) is 8.79. The van der Waals surface area contributed by atoms with Gasteiger partial charge in [0.15, 0.2) is 0 Å². The smallest absolute Gasteiger partial charge is 0.0949 e. The molecule has 0 aromatic carbocycles. The molecule has 1 aromatic heterocycles. The molecule has 1 unspecified atom stereocenters. The first-order valence-electron chi connectivity index (χ1n) is 7.46. The lowest BCUT2D eigenvalue weighted by Gasteiger charge is -2.59. The monoisotopic (exact) mass is 245 g/mol. The highest BCUT2D eigenvalue weighted by molar-refractivity contribution is 5.06. The number of aromatic nitrogens is 2. The summed E-state index contributed by atoms with van der Waals surface area (Å²) in [5.41, 5.74) is 6.63. The van der Waals surface area contributed by atoms with Crippen molar-refractivity contribution in [2.75, 3.05) is 6.54 Å². The van der Waals surface area contributed by atoms with Crippen LogP contribution in [0.5, 0.6) is 0 Å². The zero-order valence-electron chi connectivity index (χ0n) is 11.0. The van der Waals surface area contributed by atoms with E-state index in [-0.39, 0.29) is 0 Å². The molecule has 1 aromatic rings. The van der Waals surface area contributed by atoms with Crippen LogP contribution in [0.4, 0.5) is 0 Å². The molecule has 4 aliphatic carbocycles. The second kappa shape index (κ2) is 3.83. The van der Waals surface area contributed by atoms with Crippen LogP contribution in [0, 0.1) is 23.2 Å². The van der Waals surface area contributed by atoms with Crippen LogP contribution in [-0.4, -0.2) is 16.1 Å². The van der Waals surface area contributed by atoms with Gasteiger partial charge >= 0.3 is 0 Å². The average molecular weight is 245 g/mol. The second-order valence-corrected chi connectivity index (χ2v) is 7.04. The Labute approximate surface area is 109 Å². The van der Waals surface area contributed by atoms with Crippen molar-refractivity contribution < 1.29 is 0 Å². The average Bonchev–Trinajstić information content (AvgIpc) is 2.81. The molecule has 4 bridgehead atoms. The maximum absolute atomic E-state index is 6.14. The Morgan fingerprint density at radius 3 is 2.22 bits per heavy atom. The van der Waals surface area contributed by atoms with Crippen molar-refractivity contribution in [3.63, 3.8) is 0 Å². The number of imidazole rings is 1. The first-order valence-corrected chi connectivity index (χ1v) is 7.46. The largest absolute Gasteiger partial charge is 0.333 e. The number of nitrogens with zero attached hydrogens (tertiary/aromatic N) is 2. The van der Waals surface area contributed by atoms with Crippen LogP contribution in [-0.2, 0) is 0 Å². The Bertz CT molecular complexity index is 388. The van der Waals surface area contributed by atoms with Gasteiger partial charge in [0.25, 0.3) is 0 Å². The lowest BCUT2D eigenvalue weighted by molar-refractivity contribution is -0.0807. The van der Waals surface area contributed by atoms with Crippen LogP contribution in [0.3, 0.4) is 0 Å². The summed E-state index contributed by atoms with van der Waals surface area (Å²) >= 11 is 0. The first kappa shape index (κ1) is 11.0. The van der Waals surface area contributed by atoms with Gasteiger partial charge in [-0.2, -0.15) is 0 Å². The van der Waals surface area contributed by atoms with Gasteiger partial charge in [-0.1, -0.05) is 0 Å². The van der Waals surface area contributed by atoms with E-state index in [1.54, 1.807) is 0 Å². The minimum atomic E-state index is 0.480. The SMILES string of the molecule is NCC(n1ccnc1)C12CC3CC(CC(C3)C1)C2. The molecule has 0 spiro atoms. The van der Waals surface area contributed by atoms with Gasteiger partial charge in [-0.15, -0.1) is 0 Å². The van der Waals surface area contributed by atoms with E-state index in [0.29, 0.717) is 11.5 Å². The van der Waals surface area contributed by atoms with Crippen molar-refractivity contribution in [2.24, 2.45) is 28.9 Å². The van der Waals surface area contributed by atoms with E-state index in [2.05, 4.69) is 15.7 Å².